The molecule has 0 amide bonds. The van der Waals surface area contributed by atoms with Crippen molar-refractivity contribution >= 4 is 5.97 Å². The van der Waals surface area contributed by atoms with Crippen LogP contribution >= 0.6 is 0 Å². The maximum Gasteiger partial charge on any atom is 0.303 e. The van der Waals surface area contributed by atoms with Gasteiger partial charge < -0.3 is 5.11 Å². The van der Waals surface area contributed by atoms with Gasteiger partial charge in [0, 0.05) is 6.42 Å². The Morgan fingerprint density at radius 1 is 1.36 bits per heavy atom. The van der Waals surface area contributed by atoms with E-state index in [9.17, 15) is 4.79 Å². The van der Waals surface area contributed by atoms with Gasteiger partial charge in [0.25, 0.3) is 0 Å². The quantitative estimate of drug-likeness (QED) is 0.686. The Balaban J connectivity index is 0. The molecule has 0 aliphatic rings. The summed E-state index contributed by atoms with van der Waals surface area (Å²) in [4.78, 5) is 10.2. The van der Waals surface area contributed by atoms with Gasteiger partial charge in [-0.2, -0.15) is 0 Å². The molecule has 0 saturated carbocycles. The van der Waals surface area contributed by atoms with Gasteiger partial charge in [-0.15, -0.1) is 0 Å². The lowest BCUT2D eigenvalue weighted by Gasteiger charge is -2.10. The Kier molecular flexibility index (Phi) is 7.37. The van der Waals surface area contributed by atoms with E-state index < -0.39 is 5.97 Å². The van der Waals surface area contributed by atoms with Crippen LogP contribution in [0.2, 0.25) is 0 Å². The van der Waals surface area contributed by atoms with Crippen LogP contribution in [0.3, 0.4) is 0 Å². The Bertz CT molecular complexity index is 108. The summed E-state index contributed by atoms with van der Waals surface area (Å²) in [6.07, 6.45) is 1.31. The summed E-state index contributed by atoms with van der Waals surface area (Å²) in [5.41, 5.74) is 0. The zero-order valence-corrected chi connectivity index (χ0v) is 6.92. The summed E-state index contributed by atoms with van der Waals surface area (Å²) < 4.78 is 0. The summed E-state index contributed by atoms with van der Waals surface area (Å²) in [6, 6.07) is 0. The average Bonchev–Trinajstić information content (AvgIpc) is 1.58. The van der Waals surface area contributed by atoms with Gasteiger partial charge in [-0.25, -0.2) is 0 Å². The van der Waals surface area contributed by atoms with E-state index in [1.807, 2.05) is 6.92 Å². The molecule has 0 saturated heterocycles. The van der Waals surface area contributed by atoms with E-state index in [1.54, 1.807) is 0 Å². The zero-order chi connectivity index (χ0) is 8.15. The van der Waals surface area contributed by atoms with Crippen LogP contribution in [0.25, 0.3) is 0 Å². The van der Waals surface area contributed by atoms with E-state index in [1.165, 1.54) is 0 Å². The van der Waals surface area contributed by atoms with Crippen molar-refractivity contribution in [1.29, 1.82) is 0 Å². The van der Waals surface area contributed by atoms with E-state index >= 15 is 0 Å². The molecule has 11 heavy (non-hydrogen) atoms. The van der Waals surface area contributed by atoms with Crippen LogP contribution in [0.5, 0.6) is 0 Å². The van der Waals surface area contributed by atoms with Crippen molar-refractivity contribution < 1.29 is 9.90 Å². The van der Waals surface area contributed by atoms with Crippen molar-refractivity contribution in [1.82, 2.24) is 0 Å². The molecule has 0 rings (SSSR count). The van der Waals surface area contributed by atoms with Crippen molar-refractivity contribution in [3.8, 4) is 0 Å². The van der Waals surface area contributed by atoms with Gasteiger partial charge in [0.1, 0.15) is 0 Å². The molecule has 2 heteroatoms. The smallest absolute Gasteiger partial charge is 0.303 e. The van der Waals surface area contributed by atoms with Crippen molar-refractivity contribution in [2.24, 2.45) is 11.8 Å². The standard InChI is InChI=1S/C8H16O2.CH4/c1-6(2)4-7(3)5-8(9)10;/h6-7H,4-5H2,1-3H3,(H,9,10);1H4. The van der Waals surface area contributed by atoms with E-state index in [-0.39, 0.29) is 7.43 Å². The van der Waals surface area contributed by atoms with Crippen LogP contribution < -0.4 is 0 Å². The van der Waals surface area contributed by atoms with E-state index in [4.69, 9.17) is 5.11 Å². The molecule has 68 valence electrons. The average molecular weight is 160 g/mol. The van der Waals surface area contributed by atoms with Crippen molar-refractivity contribution in [2.45, 2.75) is 41.0 Å². The Morgan fingerprint density at radius 3 is 2.09 bits per heavy atom. The molecule has 1 atom stereocenters. The van der Waals surface area contributed by atoms with Gasteiger partial charge in [-0.3, -0.25) is 4.79 Å². The Morgan fingerprint density at radius 2 is 1.82 bits per heavy atom. The van der Waals surface area contributed by atoms with Crippen LogP contribution in [0.1, 0.15) is 41.0 Å². The normalized spacial score (nSPS) is 12.4. The number of carboxylic acid groups (broad SMARTS) is 1. The SMILES string of the molecule is C.CC(C)CC(C)CC(=O)O. The van der Waals surface area contributed by atoms with E-state index in [0.29, 0.717) is 18.3 Å². The van der Waals surface area contributed by atoms with Gasteiger partial charge in [-0.1, -0.05) is 28.2 Å². The highest BCUT2D eigenvalue weighted by Crippen LogP contribution is 2.13. The molecule has 0 aliphatic carbocycles. The Labute approximate surface area is 69.6 Å². The van der Waals surface area contributed by atoms with Crippen molar-refractivity contribution in [2.75, 3.05) is 0 Å². The Hall–Kier alpha value is -0.530. The lowest BCUT2D eigenvalue weighted by Crippen LogP contribution is -2.06. The maximum atomic E-state index is 10.2. The van der Waals surface area contributed by atoms with Gasteiger partial charge >= 0.3 is 5.97 Å². The lowest BCUT2D eigenvalue weighted by atomic mass is 9.96. The summed E-state index contributed by atoms with van der Waals surface area (Å²) >= 11 is 0. The zero-order valence-electron chi connectivity index (χ0n) is 6.92. The number of hydrogen-bond acceptors (Lipinski definition) is 1. The first kappa shape index (κ1) is 13.1. The van der Waals surface area contributed by atoms with Gasteiger partial charge in [-0.05, 0) is 18.3 Å². The third-order valence-corrected chi connectivity index (χ3v) is 1.40. The third kappa shape index (κ3) is 9.47. The van der Waals surface area contributed by atoms with E-state index in [0.717, 1.165) is 6.42 Å². The molecule has 1 unspecified atom stereocenters. The third-order valence-electron chi connectivity index (χ3n) is 1.40. The molecule has 0 fully saturated rings. The number of hydrogen-bond donors (Lipinski definition) is 1. The molecule has 0 aromatic carbocycles. The van der Waals surface area contributed by atoms with Gasteiger partial charge in [0.15, 0.2) is 0 Å². The minimum absolute atomic E-state index is 0. The summed E-state index contributed by atoms with van der Waals surface area (Å²) in [5.74, 6) is 0.236. The molecule has 2 nitrogen and oxygen atoms in total. The first-order chi connectivity index (χ1) is 4.52. The number of carbonyl (C=O) groups is 1. The van der Waals surface area contributed by atoms with Crippen molar-refractivity contribution in [3.63, 3.8) is 0 Å². The predicted octanol–water partition coefficient (Wildman–Crippen LogP) is 2.78. The van der Waals surface area contributed by atoms with Crippen molar-refractivity contribution in [3.05, 3.63) is 0 Å². The molecule has 0 spiro atoms. The fraction of sp³-hybridized carbons (Fsp3) is 0.889. The predicted molar refractivity (Wildman–Crippen MR) is 47.6 cm³/mol. The summed E-state index contributed by atoms with van der Waals surface area (Å²) in [5, 5.41) is 8.40. The van der Waals surface area contributed by atoms with E-state index in [2.05, 4.69) is 13.8 Å². The largest absolute Gasteiger partial charge is 0.481 e. The molecular formula is C9H20O2. The second-order valence-corrected chi connectivity index (χ2v) is 3.33. The molecule has 0 aromatic heterocycles. The second-order valence-electron chi connectivity index (χ2n) is 3.33. The first-order valence-corrected chi connectivity index (χ1v) is 3.74. The highest BCUT2D eigenvalue weighted by atomic mass is 16.4. The fourth-order valence-corrected chi connectivity index (χ4v) is 1.19. The molecule has 1 N–H and O–H groups in total. The van der Waals surface area contributed by atoms with Crippen LogP contribution in [-0.2, 0) is 4.79 Å². The fourth-order valence-electron chi connectivity index (χ4n) is 1.19. The van der Waals surface area contributed by atoms with Crippen LogP contribution in [0.15, 0.2) is 0 Å². The first-order valence-electron chi connectivity index (χ1n) is 3.74. The second kappa shape index (κ2) is 6.20. The molecule has 0 radical (unpaired) electrons. The topological polar surface area (TPSA) is 37.3 Å². The molecular weight excluding hydrogens is 140 g/mol. The van der Waals surface area contributed by atoms with Gasteiger partial charge in [0.2, 0.25) is 0 Å². The lowest BCUT2D eigenvalue weighted by molar-refractivity contribution is -0.138. The highest BCUT2D eigenvalue weighted by Gasteiger charge is 2.08. The molecule has 0 aliphatic heterocycles. The molecule has 0 heterocycles. The minimum Gasteiger partial charge on any atom is -0.481 e. The number of aliphatic carboxylic acids is 1. The highest BCUT2D eigenvalue weighted by molar-refractivity contribution is 5.66. The minimum atomic E-state index is -0.687. The van der Waals surface area contributed by atoms with Gasteiger partial charge in [0.05, 0.1) is 0 Å². The molecule has 0 aromatic rings. The number of rotatable bonds is 4. The number of carboxylic acids is 1. The van der Waals surface area contributed by atoms with Crippen LogP contribution in [0, 0.1) is 11.8 Å². The summed E-state index contributed by atoms with van der Waals surface area (Å²) in [6.45, 7) is 6.20. The maximum absolute atomic E-state index is 10.2. The summed E-state index contributed by atoms with van der Waals surface area (Å²) in [7, 11) is 0. The van der Waals surface area contributed by atoms with Crippen LogP contribution in [0.4, 0.5) is 0 Å². The monoisotopic (exact) mass is 160 g/mol. The molecule has 0 bridgehead atoms. The van der Waals surface area contributed by atoms with Crippen LogP contribution in [-0.4, -0.2) is 11.1 Å².